The molecule has 0 aliphatic heterocycles. The molecular weight excluding hydrogens is 336 g/mol. The molecular formula is C19H18N2O5. The molecule has 7 nitrogen and oxygen atoms in total. The first-order valence-electron chi connectivity index (χ1n) is 7.72. The van der Waals surface area contributed by atoms with Gasteiger partial charge in [-0.05, 0) is 43.3 Å². The summed E-state index contributed by atoms with van der Waals surface area (Å²) < 4.78 is 15.4. The fourth-order valence-corrected chi connectivity index (χ4v) is 2.12. The van der Waals surface area contributed by atoms with Crippen LogP contribution in [0.15, 0.2) is 42.5 Å². The summed E-state index contributed by atoms with van der Waals surface area (Å²) >= 11 is 0. The largest absolute Gasteiger partial charge is 0.497 e. The maximum absolute atomic E-state index is 12.3. The quantitative estimate of drug-likeness (QED) is 0.801. The number of ether oxygens (including phenoxy) is 3. The summed E-state index contributed by atoms with van der Waals surface area (Å²) in [6.45, 7) is 1.47. The average Bonchev–Trinajstić information content (AvgIpc) is 2.67. The summed E-state index contributed by atoms with van der Waals surface area (Å²) in [5, 5.41) is 11.4. The molecule has 1 atom stereocenters. The van der Waals surface area contributed by atoms with Gasteiger partial charge in [0.2, 0.25) is 0 Å². The Hall–Kier alpha value is -3.53. The van der Waals surface area contributed by atoms with E-state index in [1.807, 2.05) is 6.07 Å². The smallest absolute Gasteiger partial charge is 0.342 e. The van der Waals surface area contributed by atoms with Crippen LogP contribution in [0.5, 0.6) is 11.5 Å². The number of benzene rings is 2. The molecule has 0 fully saturated rings. The second kappa shape index (κ2) is 8.53. The lowest BCUT2D eigenvalue weighted by molar-refractivity contribution is -0.123. The van der Waals surface area contributed by atoms with Crippen molar-refractivity contribution >= 4 is 17.6 Å². The van der Waals surface area contributed by atoms with E-state index >= 15 is 0 Å². The van der Waals surface area contributed by atoms with E-state index in [1.165, 1.54) is 27.2 Å². The molecule has 7 heteroatoms. The highest BCUT2D eigenvalue weighted by atomic mass is 16.5. The Morgan fingerprint density at radius 3 is 2.35 bits per heavy atom. The van der Waals surface area contributed by atoms with Gasteiger partial charge >= 0.3 is 5.97 Å². The van der Waals surface area contributed by atoms with E-state index in [0.717, 1.165) is 0 Å². The SMILES string of the molecule is COc1ccc(C(=O)O[C@H](C)C(=O)Nc2ccc(C#N)cc2)c(OC)c1. The van der Waals surface area contributed by atoms with Crippen molar-refractivity contribution in [3.05, 3.63) is 53.6 Å². The van der Waals surface area contributed by atoms with E-state index in [1.54, 1.807) is 36.4 Å². The molecule has 0 spiro atoms. The van der Waals surface area contributed by atoms with Crippen LogP contribution >= 0.6 is 0 Å². The van der Waals surface area contributed by atoms with Gasteiger partial charge in [0.25, 0.3) is 5.91 Å². The fraction of sp³-hybridized carbons (Fsp3) is 0.211. The van der Waals surface area contributed by atoms with E-state index in [9.17, 15) is 9.59 Å². The summed E-state index contributed by atoms with van der Waals surface area (Å²) in [6.07, 6.45) is -1.02. The van der Waals surface area contributed by atoms with E-state index in [2.05, 4.69) is 5.32 Å². The fourth-order valence-electron chi connectivity index (χ4n) is 2.12. The van der Waals surface area contributed by atoms with Crippen LogP contribution in [0.25, 0.3) is 0 Å². The third-order valence-electron chi connectivity index (χ3n) is 3.56. The standard InChI is InChI=1S/C19H18N2O5/c1-12(18(22)21-14-6-4-13(11-20)5-7-14)26-19(23)16-9-8-15(24-2)10-17(16)25-3/h4-10,12H,1-3H3,(H,21,22)/t12-/m1/s1. The highest BCUT2D eigenvalue weighted by Crippen LogP contribution is 2.25. The van der Waals surface area contributed by atoms with E-state index in [4.69, 9.17) is 19.5 Å². The van der Waals surface area contributed by atoms with Gasteiger partial charge in [0, 0.05) is 11.8 Å². The van der Waals surface area contributed by atoms with Gasteiger partial charge in [-0.25, -0.2) is 4.79 Å². The van der Waals surface area contributed by atoms with Crippen LogP contribution in [0.4, 0.5) is 5.69 Å². The lowest BCUT2D eigenvalue weighted by atomic mass is 10.2. The lowest BCUT2D eigenvalue weighted by Crippen LogP contribution is -2.30. The van der Waals surface area contributed by atoms with Crippen LogP contribution in [-0.2, 0) is 9.53 Å². The highest BCUT2D eigenvalue weighted by molar-refractivity contribution is 5.98. The van der Waals surface area contributed by atoms with E-state index < -0.39 is 18.0 Å². The topological polar surface area (TPSA) is 97.6 Å². The number of amides is 1. The highest BCUT2D eigenvalue weighted by Gasteiger charge is 2.22. The van der Waals surface area contributed by atoms with Gasteiger partial charge in [0.15, 0.2) is 6.10 Å². The van der Waals surface area contributed by atoms with Crippen LogP contribution in [0.2, 0.25) is 0 Å². The van der Waals surface area contributed by atoms with Crippen molar-refractivity contribution in [1.29, 1.82) is 5.26 Å². The van der Waals surface area contributed by atoms with Crippen molar-refractivity contribution in [1.82, 2.24) is 0 Å². The summed E-state index contributed by atoms with van der Waals surface area (Å²) in [5.74, 6) is -0.360. The predicted octanol–water partition coefficient (Wildman–Crippen LogP) is 2.76. The first kappa shape index (κ1) is 18.8. The second-order valence-corrected chi connectivity index (χ2v) is 5.29. The molecule has 0 saturated heterocycles. The number of nitriles is 1. The minimum atomic E-state index is -1.02. The normalized spacial score (nSPS) is 11.0. The van der Waals surface area contributed by atoms with E-state index in [0.29, 0.717) is 17.0 Å². The average molecular weight is 354 g/mol. The maximum atomic E-state index is 12.3. The molecule has 1 N–H and O–H groups in total. The number of esters is 1. The number of nitrogens with one attached hydrogen (secondary N) is 1. The molecule has 0 bridgehead atoms. The summed E-state index contributed by atoms with van der Waals surface area (Å²) in [7, 11) is 2.93. The van der Waals surface area contributed by atoms with Crippen molar-refractivity contribution in [2.75, 3.05) is 19.5 Å². The summed E-state index contributed by atoms with van der Waals surface area (Å²) in [6, 6.07) is 13.0. The molecule has 2 rings (SSSR count). The number of nitrogens with zero attached hydrogens (tertiary/aromatic N) is 1. The van der Waals surface area contributed by atoms with Gasteiger partial charge in [-0.3, -0.25) is 4.79 Å². The number of hydrogen-bond acceptors (Lipinski definition) is 6. The molecule has 0 aromatic heterocycles. The van der Waals surface area contributed by atoms with Crippen LogP contribution in [0.1, 0.15) is 22.8 Å². The van der Waals surface area contributed by atoms with Crippen molar-refractivity contribution in [3.63, 3.8) is 0 Å². The third-order valence-corrected chi connectivity index (χ3v) is 3.56. The number of methoxy groups -OCH3 is 2. The Labute approximate surface area is 151 Å². The van der Waals surface area contributed by atoms with Crippen molar-refractivity contribution in [2.45, 2.75) is 13.0 Å². The molecule has 2 aromatic rings. The zero-order valence-electron chi connectivity index (χ0n) is 14.6. The molecule has 0 heterocycles. The molecule has 0 unspecified atom stereocenters. The molecule has 0 saturated carbocycles. The zero-order valence-corrected chi connectivity index (χ0v) is 14.6. The Balaban J connectivity index is 2.03. The number of rotatable bonds is 6. The van der Waals surface area contributed by atoms with Crippen molar-refractivity contribution in [2.24, 2.45) is 0 Å². The van der Waals surface area contributed by atoms with Crippen LogP contribution in [0.3, 0.4) is 0 Å². The number of anilines is 1. The molecule has 26 heavy (non-hydrogen) atoms. The maximum Gasteiger partial charge on any atom is 0.342 e. The van der Waals surface area contributed by atoms with Crippen molar-refractivity contribution in [3.8, 4) is 17.6 Å². The van der Waals surface area contributed by atoms with Gasteiger partial charge in [0.1, 0.15) is 17.1 Å². The minimum Gasteiger partial charge on any atom is -0.497 e. The van der Waals surface area contributed by atoms with E-state index in [-0.39, 0.29) is 11.3 Å². The van der Waals surface area contributed by atoms with Gasteiger partial charge in [-0.15, -0.1) is 0 Å². The Kier molecular flexibility index (Phi) is 6.17. The Morgan fingerprint density at radius 2 is 1.77 bits per heavy atom. The van der Waals surface area contributed by atoms with Crippen molar-refractivity contribution < 1.29 is 23.8 Å². The number of carbonyl (C=O) groups excluding carboxylic acids is 2. The minimum absolute atomic E-state index is 0.186. The van der Waals surface area contributed by atoms with Gasteiger partial charge in [-0.1, -0.05) is 0 Å². The van der Waals surface area contributed by atoms with Gasteiger partial charge in [0.05, 0.1) is 25.9 Å². The summed E-state index contributed by atoms with van der Waals surface area (Å²) in [5.41, 5.74) is 1.17. The molecule has 0 aliphatic rings. The Morgan fingerprint density at radius 1 is 1.08 bits per heavy atom. The lowest BCUT2D eigenvalue weighted by Gasteiger charge is -2.15. The van der Waals surface area contributed by atoms with Crippen LogP contribution in [-0.4, -0.2) is 32.2 Å². The molecule has 2 aromatic carbocycles. The first-order valence-corrected chi connectivity index (χ1v) is 7.72. The van der Waals surface area contributed by atoms with Gasteiger partial charge < -0.3 is 19.5 Å². The number of carbonyl (C=O) groups is 2. The first-order chi connectivity index (χ1) is 12.5. The molecule has 134 valence electrons. The molecule has 0 radical (unpaired) electrons. The number of hydrogen-bond donors (Lipinski definition) is 1. The monoisotopic (exact) mass is 354 g/mol. The Bertz CT molecular complexity index is 840. The van der Waals surface area contributed by atoms with Crippen LogP contribution < -0.4 is 14.8 Å². The third kappa shape index (κ3) is 4.51. The van der Waals surface area contributed by atoms with Gasteiger partial charge in [-0.2, -0.15) is 5.26 Å². The summed E-state index contributed by atoms with van der Waals surface area (Å²) in [4.78, 5) is 24.5. The second-order valence-electron chi connectivity index (χ2n) is 5.29. The predicted molar refractivity (Wildman–Crippen MR) is 94.2 cm³/mol. The molecule has 0 aliphatic carbocycles. The van der Waals surface area contributed by atoms with Crippen LogP contribution in [0, 0.1) is 11.3 Å². The zero-order chi connectivity index (χ0) is 19.1. The molecule has 1 amide bonds.